The summed E-state index contributed by atoms with van der Waals surface area (Å²) in [7, 11) is 0. The zero-order chi connectivity index (χ0) is 22.5. The number of fused-ring (bicyclic) bond motifs is 1. The number of aryl methyl sites for hydroxylation is 1. The molecule has 0 spiro atoms. The molecule has 0 atom stereocenters. The van der Waals surface area contributed by atoms with Gasteiger partial charge in [-0.3, -0.25) is 14.3 Å². The maximum absolute atomic E-state index is 12.3. The van der Waals surface area contributed by atoms with E-state index in [1.807, 2.05) is 43.3 Å². The van der Waals surface area contributed by atoms with Crippen LogP contribution in [0.25, 0.3) is 10.9 Å². The van der Waals surface area contributed by atoms with Gasteiger partial charge in [-0.05, 0) is 30.2 Å². The second-order valence-electron chi connectivity index (χ2n) is 7.45. The van der Waals surface area contributed by atoms with Crippen molar-refractivity contribution in [3.05, 3.63) is 53.1 Å². The van der Waals surface area contributed by atoms with E-state index < -0.39 is 5.91 Å². The maximum Gasteiger partial charge on any atom is 0.302 e. The zero-order valence-corrected chi connectivity index (χ0v) is 18.6. The van der Waals surface area contributed by atoms with Crippen LogP contribution in [0.15, 0.2) is 52.7 Å². The minimum Gasteiger partial charge on any atom is -0.493 e. The molecule has 0 aliphatic carbocycles. The topological polar surface area (TPSA) is 88.7 Å². The number of morpholine rings is 1. The van der Waals surface area contributed by atoms with E-state index in [-0.39, 0.29) is 18.2 Å². The van der Waals surface area contributed by atoms with Gasteiger partial charge in [-0.15, -0.1) is 10.2 Å². The Morgan fingerprint density at radius 3 is 2.75 bits per heavy atom. The molecule has 4 rings (SSSR count). The predicted octanol–water partition coefficient (Wildman–Crippen LogP) is 4.54. The number of carbonyl (C=O) groups excluding carboxylic acids is 1. The molecule has 0 bridgehead atoms. The second-order valence-corrected chi connectivity index (χ2v) is 7.86. The number of benzene rings is 2. The van der Waals surface area contributed by atoms with Crippen molar-refractivity contribution in [2.45, 2.75) is 20.0 Å². The Kier molecular flexibility index (Phi) is 7.04. The van der Waals surface area contributed by atoms with E-state index in [1.54, 1.807) is 10.6 Å². The Morgan fingerprint density at radius 1 is 1.19 bits per heavy atom. The molecular weight excluding hydrogens is 432 g/mol. The summed E-state index contributed by atoms with van der Waals surface area (Å²) in [6.07, 6.45) is 0.793. The molecule has 3 aromatic rings. The van der Waals surface area contributed by atoms with E-state index in [0.717, 1.165) is 30.6 Å². The highest BCUT2D eigenvalue weighted by Crippen LogP contribution is 2.42. The summed E-state index contributed by atoms with van der Waals surface area (Å²) in [6, 6.07) is 12.9. The number of azo groups is 1. The first-order chi connectivity index (χ1) is 15.6. The minimum absolute atomic E-state index is 0.0895. The lowest BCUT2D eigenvalue weighted by Gasteiger charge is -2.27. The number of ether oxygens (including phenoxy) is 2. The highest BCUT2D eigenvalue weighted by molar-refractivity contribution is 6.36. The molecule has 1 saturated heterocycles. The van der Waals surface area contributed by atoms with Crippen molar-refractivity contribution >= 4 is 34.1 Å². The number of rotatable bonds is 7. The van der Waals surface area contributed by atoms with Gasteiger partial charge in [0.15, 0.2) is 12.3 Å². The molecule has 9 heteroatoms. The first-order valence-electron chi connectivity index (χ1n) is 10.5. The van der Waals surface area contributed by atoms with Gasteiger partial charge >= 0.3 is 5.91 Å². The normalized spacial score (nSPS) is 14.9. The molecule has 8 nitrogen and oxygen atoms in total. The Labute approximate surface area is 191 Å². The average Bonchev–Trinajstić information content (AvgIpc) is 3.09. The lowest BCUT2D eigenvalue weighted by molar-refractivity contribution is -0.120. The molecule has 0 radical (unpaired) electrons. The average molecular weight is 457 g/mol. The largest absolute Gasteiger partial charge is 0.493 e. The SMILES string of the molecule is CCc1ccccc1OCC(=O)N=Nc1c(O)n(CN2CCOCC2)c2cccc(Cl)c12. The number of nitrogens with zero attached hydrogens (tertiary/aromatic N) is 4. The summed E-state index contributed by atoms with van der Waals surface area (Å²) in [4.78, 5) is 14.5. The van der Waals surface area contributed by atoms with Gasteiger partial charge in [-0.25, -0.2) is 0 Å². The molecule has 1 amide bonds. The maximum atomic E-state index is 12.3. The van der Waals surface area contributed by atoms with Crippen LogP contribution in [-0.2, 0) is 22.6 Å². The molecular formula is C23H25ClN4O4. The highest BCUT2D eigenvalue weighted by atomic mass is 35.5. The van der Waals surface area contributed by atoms with Crippen LogP contribution < -0.4 is 4.74 Å². The molecule has 0 unspecified atom stereocenters. The number of aromatic nitrogens is 1. The summed E-state index contributed by atoms with van der Waals surface area (Å²) in [6.45, 7) is 5.01. The molecule has 1 aliphatic rings. The molecule has 1 aromatic heterocycles. The van der Waals surface area contributed by atoms with Crippen LogP contribution in [0.3, 0.4) is 0 Å². The van der Waals surface area contributed by atoms with Crippen LogP contribution in [-0.4, -0.2) is 53.4 Å². The van der Waals surface area contributed by atoms with E-state index in [1.165, 1.54) is 0 Å². The monoisotopic (exact) mass is 456 g/mol. The van der Waals surface area contributed by atoms with Crippen molar-refractivity contribution in [3.63, 3.8) is 0 Å². The standard InChI is InChI=1S/C23H25ClN4O4/c1-2-16-6-3-4-9-19(16)32-14-20(29)25-26-22-21-17(24)7-5-8-18(21)28(23(22)30)15-27-10-12-31-13-11-27/h3-9,30H,2,10-15H2,1H3. The number of hydrogen-bond donors (Lipinski definition) is 1. The Hall–Kier alpha value is -2.94. The van der Waals surface area contributed by atoms with E-state index in [9.17, 15) is 9.90 Å². The fourth-order valence-corrected chi connectivity index (χ4v) is 3.98. The molecule has 1 aliphatic heterocycles. The van der Waals surface area contributed by atoms with Crippen LogP contribution in [0, 0.1) is 0 Å². The van der Waals surface area contributed by atoms with Gasteiger partial charge in [0.1, 0.15) is 5.75 Å². The van der Waals surface area contributed by atoms with Crippen molar-refractivity contribution in [3.8, 4) is 11.6 Å². The second kappa shape index (κ2) is 10.1. The number of carbonyl (C=O) groups is 1. The number of amides is 1. The van der Waals surface area contributed by atoms with Crippen molar-refractivity contribution in [1.29, 1.82) is 0 Å². The molecule has 32 heavy (non-hydrogen) atoms. The summed E-state index contributed by atoms with van der Waals surface area (Å²) < 4.78 is 12.7. The van der Waals surface area contributed by atoms with E-state index in [4.69, 9.17) is 21.1 Å². The van der Waals surface area contributed by atoms with Crippen LogP contribution in [0.2, 0.25) is 5.02 Å². The van der Waals surface area contributed by atoms with Crippen LogP contribution in [0.1, 0.15) is 12.5 Å². The van der Waals surface area contributed by atoms with E-state index in [0.29, 0.717) is 36.0 Å². The Bertz CT molecular complexity index is 1140. The van der Waals surface area contributed by atoms with Gasteiger partial charge in [-0.2, -0.15) is 0 Å². The van der Waals surface area contributed by atoms with Crippen molar-refractivity contribution in [1.82, 2.24) is 9.47 Å². The van der Waals surface area contributed by atoms with Crippen LogP contribution >= 0.6 is 11.6 Å². The summed E-state index contributed by atoms with van der Waals surface area (Å²) in [5, 5.41) is 19.7. The minimum atomic E-state index is -0.559. The number of hydrogen-bond acceptors (Lipinski definition) is 6. The van der Waals surface area contributed by atoms with Crippen LogP contribution in [0.4, 0.5) is 5.69 Å². The molecule has 0 saturated carbocycles. The Balaban J connectivity index is 1.56. The first-order valence-corrected chi connectivity index (χ1v) is 10.9. The van der Waals surface area contributed by atoms with Gasteiger partial charge in [0.25, 0.3) is 0 Å². The van der Waals surface area contributed by atoms with Gasteiger partial charge in [0.05, 0.1) is 35.8 Å². The number of halogens is 1. The van der Waals surface area contributed by atoms with Crippen LogP contribution in [0.5, 0.6) is 11.6 Å². The summed E-state index contributed by atoms with van der Waals surface area (Å²) >= 11 is 6.41. The zero-order valence-electron chi connectivity index (χ0n) is 17.8. The summed E-state index contributed by atoms with van der Waals surface area (Å²) in [5.74, 6) is -0.00335. The molecule has 2 heterocycles. The highest BCUT2D eigenvalue weighted by Gasteiger charge is 2.22. The van der Waals surface area contributed by atoms with Gasteiger partial charge in [-0.1, -0.05) is 42.8 Å². The van der Waals surface area contributed by atoms with Crippen molar-refractivity contribution in [2.75, 3.05) is 32.9 Å². The fourth-order valence-electron chi connectivity index (χ4n) is 3.72. The quantitative estimate of drug-likeness (QED) is 0.527. The third kappa shape index (κ3) is 4.77. The molecule has 1 fully saturated rings. The third-order valence-corrected chi connectivity index (χ3v) is 5.71. The number of para-hydroxylation sites is 1. The fraction of sp³-hybridized carbons (Fsp3) is 0.348. The van der Waals surface area contributed by atoms with Gasteiger partial charge < -0.3 is 14.6 Å². The predicted molar refractivity (Wildman–Crippen MR) is 122 cm³/mol. The van der Waals surface area contributed by atoms with Crippen molar-refractivity contribution in [2.24, 2.45) is 10.2 Å². The Morgan fingerprint density at radius 2 is 1.97 bits per heavy atom. The van der Waals surface area contributed by atoms with Crippen molar-refractivity contribution < 1.29 is 19.4 Å². The first kappa shape index (κ1) is 22.3. The lowest BCUT2D eigenvalue weighted by atomic mass is 10.1. The molecule has 2 aromatic carbocycles. The van der Waals surface area contributed by atoms with Gasteiger partial charge in [0, 0.05) is 13.1 Å². The summed E-state index contributed by atoms with van der Waals surface area (Å²) in [5.41, 5.74) is 1.89. The van der Waals surface area contributed by atoms with E-state index in [2.05, 4.69) is 15.1 Å². The molecule has 168 valence electrons. The number of aromatic hydroxyl groups is 1. The lowest BCUT2D eigenvalue weighted by Crippen LogP contribution is -2.37. The van der Waals surface area contributed by atoms with E-state index >= 15 is 0 Å². The third-order valence-electron chi connectivity index (χ3n) is 5.40. The smallest absolute Gasteiger partial charge is 0.302 e. The molecule has 1 N–H and O–H groups in total. The van der Waals surface area contributed by atoms with Gasteiger partial charge in [0.2, 0.25) is 5.88 Å².